The summed E-state index contributed by atoms with van der Waals surface area (Å²) in [5.41, 5.74) is 1.26. The van der Waals surface area contributed by atoms with Crippen molar-refractivity contribution in [3.63, 3.8) is 0 Å². The lowest BCUT2D eigenvalue weighted by Crippen LogP contribution is -1.96. The van der Waals surface area contributed by atoms with Gasteiger partial charge in [0.05, 0.1) is 6.61 Å². The standard InChI is InChI=1S/C12H17OS/c1-5-13-11-8-10(9(2)3)6-7-12(11)14-4/h6-8H,5H2,1-4H3. The monoisotopic (exact) mass is 209 g/mol. The third-order valence-corrected chi connectivity index (χ3v) is 2.82. The van der Waals surface area contributed by atoms with Crippen LogP contribution in [0.2, 0.25) is 0 Å². The van der Waals surface area contributed by atoms with Crippen LogP contribution in [0.15, 0.2) is 23.1 Å². The molecule has 0 bridgehead atoms. The molecule has 2 heteroatoms. The molecule has 0 saturated carbocycles. The van der Waals surface area contributed by atoms with Gasteiger partial charge in [-0.1, -0.05) is 19.9 Å². The lowest BCUT2D eigenvalue weighted by Gasteiger charge is -2.11. The van der Waals surface area contributed by atoms with Crippen molar-refractivity contribution in [2.24, 2.45) is 0 Å². The van der Waals surface area contributed by atoms with E-state index in [4.69, 9.17) is 4.74 Å². The summed E-state index contributed by atoms with van der Waals surface area (Å²) in [4.78, 5) is 1.21. The number of rotatable bonds is 4. The Kier molecular flexibility index (Phi) is 4.33. The third kappa shape index (κ3) is 2.68. The maximum atomic E-state index is 5.58. The van der Waals surface area contributed by atoms with Gasteiger partial charge in [-0.3, -0.25) is 0 Å². The maximum Gasteiger partial charge on any atom is 0.133 e. The zero-order valence-electron chi connectivity index (χ0n) is 9.26. The lowest BCUT2D eigenvalue weighted by molar-refractivity contribution is 0.332. The average molecular weight is 209 g/mol. The summed E-state index contributed by atoms with van der Waals surface area (Å²) in [5.74, 6) is 2.32. The Bertz CT molecular complexity index is 294. The molecule has 0 heterocycles. The van der Waals surface area contributed by atoms with E-state index in [1.807, 2.05) is 6.92 Å². The second-order valence-corrected chi connectivity index (χ2v) is 4.15. The van der Waals surface area contributed by atoms with Crippen LogP contribution < -0.4 is 4.74 Å². The molecule has 0 aliphatic heterocycles. The number of benzene rings is 1. The van der Waals surface area contributed by atoms with Gasteiger partial charge in [-0.2, -0.15) is 0 Å². The predicted molar refractivity (Wildman–Crippen MR) is 63.1 cm³/mol. The van der Waals surface area contributed by atoms with E-state index in [1.54, 1.807) is 11.8 Å². The summed E-state index contributed by atoms with van der Waals surface area (Å²) >= 11 is 1.72. The molecule has 0 amide bonds. The molecule has 0 fully saturated rings. The van der Waals surface area contributed by atoms with E-state index in [-0.39, 0.29) is 0 Å². The van der Waals surface area contributed by atoms with E-state index in [1.165, 1.54) is 16.4 Å². The molecule has 0 aliphatic rings. The molecule has 1 nitrogen and oxygen atoms in total. The van der Waals surface area contributed by atoms with Gasteiger partial charge in [0.2, 0.25) is 0 Å². The Balaban J connectivity index is 3.01. The first-order chi connectivity index (χ1) is 6.69. The minimum absolute atomic E-state index is 0.722. The van der Waals surface area contributed by atoms with Gasteiger partial charge in [-0.15, -0.1) is 11.8 Å². The van der Waals surface area contributed by atoms with Crippen molar-refractivity contribution in [2.75, 3.05) is 12.9 Å². The van der Waals surface area contributed by atoms with Crippen LogP contribution in [-0.2, 0) is 0 Å². The van der Waals surface area contributed by atoms with Crippen molar-refractivity contribution in [1.29, 1.82) is 0 Å². The van der Waals surface area contributed by atoms with Crippen LogP contribution in [0.3, 0.4) is 0 Å². The van der Waals surface area contributed by atoms with E-state index in [2.05, 4.69) is 38.3 Å². The minimum atomic E-state index is 0.722. The van der Waals surface area contributed by atoms with Gasteiger partial charge in [0.1, 0.15) is 5.75 Å². The molecular formula is C12H17OS. The molecule has 1 aromatic rings. The van der Waals surface area contributed by atoms with Gasteiger partial charge in [0.25, 0.3) is 0 Å². The molecule has 0 unspecified atom stereocenters. The van der Waals surface area contributed by atoms with Gasteiger partial charge in [-0.05, 0) is 36.8 Å². The first-order valence-electron chi connectivity index (χ1n) is 4.80. The average Bonchev–Trinajstić information content (AvgIpc) is 2.18. The molecular weight excluding hydrogens is 192 g/mol. The summed E-state index contributed by atoms with van der Waals surface area (Å²) in [6.07, 6.45) is 2.07. The number of ether oxygens (including phenoxy) is 1. The smallest absolute Gasteiger partial charge is 0.133 e. The lowest BCUT2D eigenvalue weighted by atomic mass is 10.0. The fourth-order valence-corrected chi connectivity index (χ4v) is 1.78. The van der Waals surface area contributed by atoms with E-state index in [0.29, 0.717) is 0 Å². The van der Waals surface area contributed by atoms with Crippen molar-refractivity contribution in [3.8, 4) is 5.75 Å². The number of hydrogen-bond donors (Lipinski definition) is 0. The Hall–Kier alpha value is -0.630. The molecule has 1 rings (SSSR count). The topological polar surface area (TPSA) is 9.23 Å². The number of hydrogen-bond acceptors (Lipinski definition) is 2. The highest BCUT2D eigenvalue weighted by molar-refractivity contribution is 7.98. The Morgan fingerprint density at radius 3 is 2.57 bits per heavy atom. The summed E-state index contributed by atoms with van der Waals surface area (Å²) in [6.45, 7) is 6.96. The molecule has 1 aromatic carbocycles. The van der Waals surface area contributed by atoms with Crippen LogP contribution in [-0.4, -0.2) is 12.9 Å². The molecule has 0 atom stereocenters. The fraction of sp³-hybridized carbons (Fsp3) is 0.417. The molecule has 0 aromatic heterocycles. The first-order valence-corrected chi connectivity index (χ1v) is 6.03. The van der Waals surface area contributed by atoms with E-state index < -0.39 is 0 Å². The first kappa shape index (κ1) is 11.4. The predicted octanol–water partition coefficient (Wildman–Crippen LogP) is 3.77. The molecule has 0 saturated heterocycles. The molecule has 0 aliphatic carbocycles. The largest absolute Gasteiger partial charge is 0.493 e. The highest BCUT2D eigenvalue weighted by atomic mass is 32.2. The van der Waals surface area contributed by atoms with Crippen molar-refractivity contribution in [1.82, 2.24) is 0 Å². The zero-order chi connectivity index (χ0) is 10.6. The van der Waals surface area contributed by atoms with Crippen LogP contribution in [0, 0.1) is 5.92 Å². The summed E-state index contributed by atoms with van der Waals surface area (Å²) < 4.78 is 5.58. The van der Waals surface area contributed by atoms with Crippen molar-refractivity contribution >= 4 is 11.8 Å². The second kappa shape index (κ2) is 5.30. The Morgan fingerprint density at radius 2 is 2.07 bits per heavy atom. The highest BCUT2D eigenvalue weighted by Crippen LogP contribution is 2.30. The normalized spacial score (nSPS) is 10.6. The van der Waals surface area contributed by atoms with Crippen LogP contribution in [0.1, 0.15) is 26.3 Å². The third-order valence-electron chi connectivity index (χ3n) is 2.04. The Labute approximate surface area is 90.9 Å². The van der Waals surface area contributed by atoms with Crippen LogP contribution >= 0.6 is 11.8 Å². The summed E-state index contributed by atoms with van der Waals surface area (Å²) in [5, 5.41) is 0. The Morgan fingerprint density at radius 1 is 1.36 bits per heavy atom. The van der Waals surface area contributed by atoms with Crippen LogP contribution in [0.5, 0.6) is 5.75 Å². The molecule has 0 spiro atoms. The van der Waals surface area contributed by atoms with Crippen LogP contribution in [0.4, 0.5) is 0 Å². The van der Waals surface area contributed by atoms with Gasteiger partial charge < -0.3 is 4.74 Å². The number of thioether (sulfide) groups is 1. The molecule has 0 N–H and O–H groups in total. The van der Waals surface area contributed by atoms with E-state index in [0.717, 1.165) is 12.4 Å². The zero-order valence-corrected chi connectivity index (χ0v) is 10.1. The van der Waals surface area contributed by atoms with E-state index in [9.17, 15) is 0 Å². The van der Waals surface area contributed by atoms with Gasteiger partial charge in [0, 0.05) is 4.90 Å². The van der Waals surface area contributed by atoms with Crippen molar-refractivity contribution in [2.45, 2.75) is 25.7 Å². The summed E-state index contributed by atoms with van der Waals surface area (Å²) in [7, 11) is 0. The van der Waals surface area contributed by atoms with Crippen LogP contribution in [0.25, 0.3) is 0 Å². The second-order valence-electron chi connectivity index (χ2n) is 3.30. The minimum Gasteiger partial charge on any atom is -0.493 e. The maximum absolute atomic E-state index is 5.58. The van der Waals surface area contributed by atoms with Gasteiger partial charge >= 0.3 is 0 Å². The van der Waals surface area contributed by atoms with Crippen molar-refractivity contribution < 1.29 is 4.74 Å². The van der Waals surface area contributed by atoms with Gasteiger partial charge in [0.15, 0.2) is 0 Å². The quantitative estimate of drug-likeness (QED) is 0.698. The van der Waals surface area contributed by atoms with Gasteiger partial charge in [-0.25, -0.2) is 0 Å². The highest BCUT2D eigenvalue weighted by Gasteiger charge is 2.06. The molecule has 14 heavy (non-hydrogen) atoms. The SMILES string of the molecule is CCOc1cc([C](C)C)ccc1SC. The van der Waals surface area contributed by atoms with Crippen molar-refractivity contribution in [3.05, 3.63) is 29.7 Å². The molecule has 77 valence electrons. The fourth-order valence-electron chi connectivity index (χ4n) is 1.26. The molecule has 1 radical (unpaired) electrons. The summed E-state index contributed by atoms with van der Waals surface area (Å²) in [6, 6.07) is 6.38. The van der Waals surface area contributed by atoms with E-state index >= 15 is 0 Å².